The third-order valence-electron chi connectivity index (χ3n) is 4.57. The average Bonchev–Trinajstić information content (AvgIpc) is 2.63. The van der Waals surface area contributed by atoms with Gasteiger partial charge in [-0.25, -0.2) is 4.39 Å². The molecule has 1 heterocycles. The van der Waals surface area contributed by atoms with Gasteiger partial charge in [-0.15, -0.1) is 0 Å². The Morgan fingerprint density at radius 3 is 2.23 bits per heavy atom. The highest BCUT2D eigenvalue weighted by atomic mass is 19.4. The molecule has 0 saturated carbocycles. The minimum absolute atomic E-state index is 0.0972. The number of benzene rings is 2. The van der Waals surface area contributed by atoms with Crippen LogP contribution in [-0.2, 0) is 0 Å². The SMILES string of the molecule is N#Cc1ccc(Nc2ccc(N3CCC(C(F)(F)F)CC3)cc2)c(F)c1. The van der Waals surface area contributed by atoms with Crippen LogP contribution in [0.15, 0.2) is 42.5 Å². The maximum Gasteiger partial charge on any atom is 0.391 e. The molecule has 0 bridgehead atoms. The van der Waals surface area contributed by atoms with E-state index in [2.05, 4.69) is 5.32 Å². The molecule has 0 aliphatic carbocycles. The number of hydrogen-bond acceptors (Lipinski definition) is 3. The molecule has 0 atom stereocenters. The average molecular weight is 363 g/mol. The van der Waals surface area contributed by atoms with E-state index in [0.717, 1.165) is 11.8 Å². The van der Waals surface area contributed by atoms with Gasteiger partial charge in [0.15, 0.2) is 0 Å². The van der Waals surface area contributed by atoms with E-state index in [9.17, 15) is 17.6 Å². The molecule has 1 fully saturated rings. The molecule has 3 rings (SSSR count). The molecule has 2 aromatic carbocycles. The number of nitrogens with zero attached hydrogens (tertiary/aromatic N) is 2. The molecule has 0 amide bonds. The van der Waals surface area contributed by atoms with Crippen LogP contribution < -0.4 is 10.2 Å². The Kier molecular flexibility index (Phi) is 5.03. The van der Waals surface area contributed by atoms with Gasteiger partial charge in [0.05, 0.1) is 23.2 Å². The van der Waals surface area contributed by atoms with Gasteiger partial charge in [-0.3, -0.25) is 0 Å². The molecule has 0 unspecified atom stereocenters. The summed E-state index contributed by atoms with van der Waals surface area (Å²) in [4.78, 5) is 1.92. The number of anilines is 3. The van der Waals surface area contributed by atoms with Crippen molar-refractivity contribution in [3.8, 4) is 6.07 Å². The summed E-state index contributed by atoms with van der Waals surface area (Å²) >= 11 is 0. The lowest BCUT2D eigenvalue weighted by Gasteiger charge is -2.34. The summed E-state index contributed by atoms with van der Waals surface area (Å²) in [6.45, 7) is 0.725. The highest BCUT2D eigenvalue weighted by molar-refractivity contribution is 5.64. The lowest BCUT2D eigenvalue weighted by Crippen LogP contribution is -2.38. The van der Waals surface area contributed by atoms with Crippen molar-refractivity contribution in [1.29, 1.82) is 5.26 Å². The highest BCUT2D eigenvalue weighted by Crippen LogP contribution is 2.35. The van der Waals surface area contributed by atoms with E-state index in [4.69, 9.17) is 5.26 Å². The Bertz CT molecular complexity index is 801. The van der Waals surface area contributed by atoms with Gasteiger partial charge in [0.2, 0.25) is 0 Å². The minimum atomic E-state index is -4.12. The number of nitrogens with one attached hydrogen (secondary N) is 1. The molecular formula is C19H17F4N3. The van der Waals surface area contributed by atoms with E-state index in [1.165, 1.54) is 12.1 Å². The molecule has 2 aromatic rings. The monoisotopic (exact) mass is 363 g/mol. The lowest BCUT2D eigenvalue weighted by atomic mass is 9.96. The molecule has 3 nitrogen and oxygen atoms in total. The summed E-state index contributed by atoms with van der Waals surface area (Å²) < 4.78 is 52.1. The first-order valence-corrected chi connectivity index (χ1v) is 8.25. The van der Waals surface area contributed by atoms with Crippen LogP contribution in [0.25, 0.3) is 0 Å². The summed E-state index contributed by atoms with van der Waals surface area (Å²) in [5, 5.41) is 11.7. The largest absolute Gasteiger partial charge is 0.391 e. The van der Waals surface area contributed by atoms with Gasteiger partial charge in [0.25, 0.3) is 0 Å². The van der Waals surface area contributed by atoms with Crippen LogP contribution in [0.5, 0.6) is 0 Å². The standard InChI is InChI=1S/C19H17F4N3/c20-17-11-13(12-24)1-6-18(17)25-15-2-4-16(5-3-15)26-9-7-14(8-10-26)19(21,22)23/h1-6,11,14,25H,7-10H2. The fraction of sp³-hybridized carbons (Fsp3) is 0.316. The molecule has 1 aliphatic rings. The van der Waals surface area contributed by atoms with Gasteiger partial charge in [0, 0.05) is 24.5 Å². The van der Waals surface area contributed by atoms with E-state index >= 15 is 0 Å². The minimum Gasteiger partial charge on any atom is -0.372 e. The third-order valence-corrected chi connectivity index (χ3v) is 4.57. The van der Waals surface area contributed by atoms with E-state index in [1.807, 2.05) is 11.0 Å². The Balaban J connectivity index is 1.64. The first-order valence-electron chi connectivity index (χ1n) is 8.25. The van der Waals surface area contributed by atoms with Crippen LogP contribution in [-0.4, -0.2) is 19.3 Å². The molecule has 26 heavy (non-hydrogen) atoms. The zero-order valence-corrected chi connectivity index (χ0v) is 13.9. The smallest absolute Gasteiger partial charge is 0.372 e. The van der Waals surface area contributed by atoms with Crippen molar-refractivity contribution in [2.45, 2.75) is 19.0 Å². The van der Waals surface area contributed by atoms with Crippen LogP contribution in [0.2, 0.25) is 0 Å². The van der Waals surface area contributed by atoms with Crippen molar-refractivity contribution in [3.63, 3.8) is 0 Å². The summed E-state index contributed by atoms with van der Waals surface area (Å²) in [5.41, 5.74) is 1.99. The summed E-state index contributed by atoms with van der Waals surface area (Å²) in [6, 6.07) is 13.1. The molecule has 136 valence electrons. The van der Waals surface area contributed by atoms with Gasteiger partial charge < -0.3 is 10.2 Å². The number of rotatable bonds is 3. The molecule has 7 heteroatoms. The number of hydrogen-bond donors (Lipinski definition) is 1. The Morgan fingerprint density at radius 2 is 1.69 bits per heavy atom. The summed E-state index contributed by atoms with van der Waals surface area (Å²) in [5.74, 6) is -1.75. The Hall–Kier alpha value is -2.75. The quantitative estimate of drug-likeness (QED) is 0.760. The van der Waals surface area contributed by atoms with Crippen molar-refractivity contribution >= 4 is 17.1 Å². The van der Waals surface area contributed by atoms with Gasteiger partial charge in [-0.05, 0) is 55.3 Å². The second-order valence-corrected chi connectivity index (χ2v) is 6.28. The number of alkyl halides is 3. The summed E-state index contributed by atoms with van der Waals surface area (Å²) in [7, 11) is 0. The van der Waals surface area contributed by atoms with Crippen molar-refractivity contribution in [3.05, 3.63) is 53.8 Å². The predicted molar refractivity (Wildman–Crippen MR) is 91.8 cm³/mol. The predicted octanol–water partition coefficient (Wildman–Crippen LogP) is 5.22. The molecule has 0 radical (unpaired) electrons. The van der Waals surface area contributed by atoms with E-state index in [0.29, 0.717) is 18.8 Å². The third kappa shape index (κ3) is 4.07. The van der Waals surface area contributed by atoms with E-state index < -0.39 is 17.9 Å². The first-order chi connectivity index (χ1) is 12.4. The fourth-order valence-corrected chi connectivity index (χ4v) is 3.06. The zero-order valence-electron chi connectivity index (χ0n) is 13.9. The van der Waals surface area contributed by atoms with Gasteiger partial charge >= 0.3 is 6.18 Å². The van der Waals surface area contributed by atoms with Crippen LogP contribution in [0.3, 0.4) is 0 Å². The van der Waals surface area contributed by atoms with Crippen molar-refractivity contribution in [2.75, 3.05) is 23.3 Å². The maximum absolute atomic E-state index is 13.9. The first kappa shape index (κ1) is 18.1. The number of piperidine rings is 1. The zero-order chi connectivity index (χ0) is 18.7. The van der Waals surface area contributed by atoms with Gasteiger partial charge in [-0.1, -0.05) is 0 Å². The van der Waals surface area contributed by atoms with Crippen LogP contribution >= 0.6 is 0 Å². The van der Waals surface area contributed by atoms with Crippen molar-refractivity contribution < 1.29 is 17.6 Å². The molecule has 0 spiro atoms. The summed E-state index contributed by atoms with van der Waals surface area (Å²) in [6.07, 6.45) is -3.93. The molecular weight excluding hydrogens is 346 g/mol. The second-order valence-electron chi connectivity index (χ2n) is 6.28. The topological polar surface area (TPSA) is 39.1 Å². The van der Waals surface area contributed by atoms with Crippen molar-refractivity contribution in [2.24, 2.45) is 5.92 Å². The molecule has 0 aromatic heterocycles. The van der Waals surface area contributed by atoms with Crippen LogP contribution in [0.4, 0.5) is 34.6 Å². The lowest BCUT2D eigenvalue weighted by molar-refractivity contribution is -0.179. The molecule has 1 N–H and O–H groups in total. The van der Waals surface area contributed by atoms with Gasteiger partial charge in [0.1, 0.15) is 5.82 Å². The normalized spacial score (nSPS) is 15.6. The Morgan fingerprint density at radius 1 is 1.04 bits per heavy atom. The number of halogens is 4. The van der Waals surface area contributed by atoms with Crippen LogP contribution in [0, 0.1) is 23.1 Å². The second kappa shape index (κ2) is 7.24. The maximum atomic E-state index is 13.9. The van der Waals surface area contributed by atoms with E-state index in [-0.39, 0.29) is 24.1 Å². The fourth-order valence-electron chi connectivity index (χ4n) is 3.06. The highest BCUT2D eigenvalue weighted by Gasteiger charge is 2.41. The van der Waals surface area contributed by atoms with E-state index in [1.54, 1.807) is 24.3 Å². The van der Waals surface area contributed by atoms with Crippen LogP contribution in [0.1, 0.15) is 18.4 Å². The van der Waals surface area contributed by atoms with Crippen molar-refractivity contribution in [1.82, 2.24) is 0 Å². The molecule has 1 saturated heterocycles. The Labute approximate surface area is 148 Å². The molecule has 1 aliphatic heterocycles. The number of nitriles is 1. The van der Waals surface area contributed by atoms with Gasteiger partial charge in [-0.2, -0.15) is 18.4 Å².